The highest BCUT2D eigenvalue weighted by Crippen LogP contribution is 2.19. The SMILES string of the molecule is CC/C=C\C/C=C\C/C=C\C/C=C\CCCCCCCCCCCCCCCCCCCCCCC(=O)OCC(COC(=O)CCCCCCCCCCCCCC)OC(=O)CCCCCCCCCCCCCCCCCCCCC. The van der Waals surface area contributed by atoms with Gasteiger partial charge in [-0.2, -0.15) is 0 Å². The lowest BCUT2D eigenvalue weighted by atomic mass is 10.0. The number of esters is 3. The lowest BCUT2D eigenvalue weighted by Crippen LogP contribution is -2.30. The second-order valence-corrected chi connectivity index (χ2v) is 24.8. The van der Waals surface area contributed by atoms with Crippen LogP contribution in [0.5, 0.6) is 0 Å². The summed E-state index contributed by atoms with van der Waals surface area (Å²) in [5.41, 5.74) is 0. The fourth-order valence-corrected chi connectivity index (χ4v) is 11.1. The van der Waals surface area contributed by atoms with Crippen molar-refractivity contribution in [2.45, 2.75) is 406 Å². The minimum absolute atomic E-state index is 0.0643. The average molecular weight is 1150 g/mol. The third kappa shape index (κ3) is 68.2. The van der Waals surface area contributed by atoms with E-state index in [0.29, 0.717) is 19.3 Å². The van der Waals surface area contributed by atoms with Gasteiger partial charge < -0.3 is 14.2 Å². The first-order chi connectivity index (χ1) is 40.5. The summed E-state index contributed by atoms with van der Waals surface area (Å²) in [5.74, 6) is -0.832. The van der Waals surface area contributed by atoms with Crippen LogP contribution in [0, 0.1) is 0 Å². The molecule has 0 aromatic rings. The minimum atomic E-state index is -0.767. The first kappa shape index (κ1) is 79.4. The smallest absolute Gasteiger partial charge is 0.306 e. The lowest BCUT2D eigenvalue weighted by Gasteiger charge is -2.18. The predicted octanol–water partition coefficient (Wildman–Crippen LogP) is 25.3. The summed E-state index contributed by atoms with van der Waals surface area (Å²) >= 11 is 0. The normalized spacial score (nSPS) is 12.3. The van der Waals surface area contributed by atoms with Crippen LogP contribution in [0.25, 0.3) is 0 Å². The molecule has 6 nitrogen and oxygen atoms in total. The van der Waals surface area contributed by atoms with Gasteiger partial charge in [0, 0.05) is 19.3 Å². The van der Waals surface area contributed by atoms with E-state index in [1.165, 1.54) is 276 Å². The van der Waals surface area contributed by atoms with Gasteiger partial charge in [-0.1, -0.05) is 371 Å². The third-order valence-corrected chi connectivity index (χ3v) is 16.6. The monoisotopic (exact) mass is 1150 g/mol. The van der Waals surface area contributed by atoms with E-state index in [2.05, 4.69) is 69.4 Å². The van der Waals surface area contributed by atoms with Crippen LogP contribution in [0.15, 0.2) is 48.6 Å². The molecule has 1 atom stereocenters. The van der Waals surface area contributed by atoms with E-state index < -0.39 is 6.10 Å². The molecule has 480 valence electrons. The van der Waals surface area contributed by atoms with Crippen molar-refractivity contribution in [2.75, 3.05) is 13.2 Å². The van der Waals surface area contributed by atoms with Crippen molar-refractivity contribution in [1.29, 1.82) is 0 Å². The molecular formula is C76H140O6. The van der Waals surface area contributed by atoms with Crippen molar-refractivity contribution in [3.8, 4) is 0 Å². The second kappa shape index (κ2) is 70.9. The Morgan fingerprint density at radius 3 is 0.744 bits per heavy atom. The van der Waals surface area contributed by atoms with Crippen molar-refractivity contribution in [3.05, 3.63) is 48.6 Å². The summed E-state index contributed by atoms with van der Waals surface area (Å²) in [7, 11) is 0. The zero-order valence-corrected chi connectivity index (χ0v) is 55.3. The Hall–Kier alpha value is -2.63. The maximum atomic E-state index is 12.9. The molecule has 0 saturated heterocycles. The molecule has 6 heteroatoms. The van der Waals surface area contributed by atoms with Crippen molar-refractivity contribution < 1.29 is 28.6 Å². The molecule has 0 aromatic carbocycles. The summed E-state index contributed by atoms with van der Waals surface area (Å²) in [4.78, 5) is 38.4. The van der Waals surface area contributed by atoms with Gasteiger partial charge in [0.2, 0.25) is 0 Å². The Morgan fingerprint density at radius 1 is 0.256 bits per heavy atom. The van der Waals surface area contributed by atoms with Gasteiger partial charge in [0.05, 0.1) is 0 Å². The second-order valence-electron chi connectivity index (χ2n) is 24.8. The molecule has 0 bridgehead atoms. The molecule has 0 aliphatic rings. The molecule has 0 saturated carbocycles. The number of carbonyl (C=O) groups is 3. The summed E-state index contributed by atoms with van der Waals surface area (Å²) in [6.07, 6.45) is 90.2. The van der Waals surface area contributed by atoms with Crippen molar-refractivity contribution >= 4 is 17.9 Å². The van der Waals surface area contributed by atoms with E-state index >= 15 is 0 Å². The molecule has 0 aliphatic carbocycles. The Bertz CT molecular complexity index is 1410. The van der Waals surface area contributed by atoms with E-state index in [9.17, 15) is 14.4 Å². The minimum Gasteiger partial charge on any atom is -0.462 e. The molecule has 82 heavy (non-hydrogen) atoms. The molecule has 0 N–H and O–H groups in total. The zero-order valence-electron chi connectivity index (χ0n) is 55.3. The Balaban J connectivity index is 4.10. The average Bonchev–Trinajstić information content (AvgIpc) is 3.47. The van der Waals surface area contributed by atoms with Gasteiger partial charge in [-0.15, -0.1) is 0 Å². The molecule has 0 spiro atoms. The van der Waals surface area contributed by atoms with Gasteiger partial charge in [0.1, 0.15) is 13.2 Å². The van der Waals surface area contributed by atoms with Gasteiger partial charge in [0.25, 0.3) is 0 Å². The van der Waals surface area contributed by atoms with Crippen LogP contribution >= 0.6 is 0 Å². The first-order valence-electron chi connectivity index (χ1n) is 36.6. The maximum absolute atomic E-state index is 12.9. The number of hydrogen-bond donors (Lipinski definition) is 0. The summed E-state index contributed by atoms with van der Waals surface area (Å²) in [6.45, 7) is 6.60. The Kier molecular flexibility index (Phi) is 68.6. The van der Waals surface area contributed by atoms with Gasteiger partial charge >= 0.3 is 17.9 Å². The van der Waals surface area contributed by atoms with Crippen molar-refractivity contribution in [3.63, 3.8) is 0 Å². The topological polar surface area (TPSA) is 78.9 Å². The van der Waals surface area contributed by atoms with Crippen LogP contribution < -0.4 is 0 Å². The molecule has 0 fully saturated rings. The Morgan fingerprint density at radius 2 is 0.476 bits per heavy atom. The van der Waals surface area contributed by atoms with Crippen LogP contribution in [-0.2, 0) is 28.6 Å². The number of unbranched alkanes of at least 4 members (excludes halogenated alkanes) is 49. The fourth-order valence-electron chi connectivity index (χ4n) is 11.1. The molecule has 0 heterocycles. The number of allylic oxidation sites excluding steroid dienone is 8. The van der Waals surface area contributed by atoms with E-state index in [0.717, 1.165) is 83.5 Å². The highest BCUT2D eigenvalue weighted by Gasteiger charge is 2.19. The van der Waals surface area contributed by atoms with Crippen LogP contribution in [0.3, 0.4) is 0 Å². The number of ether oxygens (including phenoxy) is 3. The molecule has 0 rings (SSSR count). The van der Waals surface area contributed by atoms with Crippen LogP contribution in [0.2, 0.25) is 0 Å². The molecular weight excluding hydrogens is 1010 g/mol. The molecule has 1 unspecified atom stereocenters. The quantitative estimate of drug-likeness (QED) is 0.0261. The Labute approximate surface area is 511 Å². The number of hydrogen-bond acceptors (Lipinski definition) is 6. The largest absolute Gasteiger partial charge is 0.462 e. The standard InChI is InChI=1S/C76H140O6/c1-4-7-10-13-16-19-22-25-27-29-31-32-33-34-35-36-37-38-39-40-41-42-43-44-46-47-49-51-54-57-60-63-66-69-75(78)81-72-73(71-80-74(77)68-65-62-59-56-53-24-21-18-15-12-9-6-3)82-76(79)70-67-64-61-58-55-52-50-48-45-30-28-26-23-20-17-14-11-8-5-2/h7,10,16,19,25,27,31-32,73H,4-6,8-9,11-15,17-18,20-24,26,28-30,33-72H2,1-3H3/b10-7-,19-16-,27-25-,32-31-. The molecule has 0 amide bonds. The van der Waals surface area contributed by atoms with Gasteiger partial charge in [-0.25, -0.2) is 0 Å². The maximum Gasteiger partial charge on any atom is 0.306 e. The summed E-state index contributed by atoms with van der Waals surface area (Å²) in [5, 5.41) is 0. The van der Waals surface area contributed by atoms with E-state index in [4.69, 9.17) is 14.2 Å². The van der Waals surface area contributed by atoms with Crippen LogP contribution in [0.4, 0.5) is 0 Å². The first-order valence-corrected chi connectivity index (χ1v) is 36.6. The summed E-state index contributed by atoms with van der Waals surface area (Å²) < 4.78 is 17.0. The van der Waals surface area contributed by atoms with Gasteiger partial charge in [0.15, 0.2) is 6.10 Å². The zero-order chi connectivity index (χ0) is 59.2. The molecule has 0 radical (unpaired) electrons. The number of carbonyl (C=O) groups excluding carboxylic acids is 3. The van der Waals surface area contributed by atoms with E-state index in [-0.39, 0.29) is 31.1 Å². The molecule has 0 aromatic heterocycles. The third-order valence-electron chi connectivity index (χ3n) is 16.6. The summed E-state index contributed by atoms with van der Waals surface area (Å²) in [6, 6.07) is 0. The predicted molar refractivity (Wildman–Crippen MR) is 358 cm³/mol. The van der Waals surface area contributed by atoms with E-state index in [1.54, 1.807) is 0 Å². The van der Waals surface area contributed by atoms with Gasteiger partial charge in [-0.05, 0) is 57.8 Å². The number of rotatable bonds is 68. The highest BCUT2D eigenvalue weighted by atomic mass is 16.6. The van der Waals surface area contributed by atoms with Gasteiger partial charge in [-0.3, -0.25) is 14.4 Å². The van der Waals surface area contributed by atoms with E-state index in [1.807, 2.05) is 0 Å². The van der Waals surface area contributed by atoms with Crippen LogP contribution in [-0.4, -0.2) is 37.2 Å². The van der Waals surface area contributed by atoms with Crippen molar-refractivity contribution in [2.24, 2.45) is 0 Å². The lowest BCUT2D eigenvalue weighted by molar-refractivity contribution is -0.167. The van der Waals surface area contributed by atoms with Crippen LogP contribution in [0.1, 0.15) is 400 Å². The fraction of sp³-hybridized carbons (Fsp3) is 0.855. The molecule has 0 aliphatic heterocycles. The highest BCUT2D eigenvalue weighted by molar-refractivity contribution is 5.71. The van der Waals surface area contributed by atoms with Crippen molar-refractivity contribution in [1.82, 2.24) is 0 Å².